The van der Waals surface area contributed by atoms with Crippen LogP contribution in [0.1, 0.15) is 38.8 Å². The molecule has 5 nitrogen and oxygen atoms in total. The summed E-state index contributed by atoms with van der Waals surface area (Å²) in [6.45, 7) is 6.95. The predicted octanol–water partition coefficient (Wildman–Crippen LogP) is 1.51. The third-order valence-corrected chi connectivity index (χ3v) is 3.06. The average Bonchev–Trinajstić information content (AvgIpc) is 2.58. The third kappa shape index (κ3) is 2.65. The second kappa shape index (κ2) is 4.13. The zero-order valence-electron chi connectivity index (χ0n) is 10.6. The highest BCUT2D eigenvalue weighted by Gasteiger charge is 2.28. The van der Waals surface area contributed by atoms with Gasteiger partial charge in [0.1, 0.15) is 11.6 Å². The predicted molar refractivity (Wildman–Crippen MR) is 62.6 cm³/mol. The molecule has 1 aliphatic heterocycles. The van der Waals surface area contributed by atoms with Crippen molar-refractivity contribution in [3.63, 3.8) is 0 Å². The third-order valence-electron chi connectivity index (χ3n) is 3.06. The number of nitrogens with zero attached hydrogens (tertiary/aromatic N) is 3. The van der Waals surface area contributed by atoms with Crippen LogP contribution in [0.2, 0.25) is 0 Å². The molecule has 0 saturated heterocycles. The number of hydrogen-bond donors (Lipinski definition) is 1. The molecule has 1 aliphatic rings. The Morgan fingerprint density at radius 3 is 2.76 bits per heavy atom. The number of carboxylic acid groups (broad SMARTS) is 1. The van der Waals surface area contributed by atoms with E-state index < -0.39 is 5.97 Å². The van der Waals surface area contributed by atoms with E-state index in [4.69, 9.17) is 5.11 Å². The fraction of sp³-hybridized carbons (Fsp3) is 0.750. The molecule has 0 radical (unpaired) electrons. The van der Waals surface area contributed by atoms with Crippen LogP contribution < -0.4 is 0 Å². The summed E-state index contributed by atoms with van der Waals surface area (Å²) in [5, 5.41) is 17.4. The molecular formula is C12H19N3O2. The molecule has 1 aromatic heterocycles. The lowest BCUT2D eigenvalue weighted by Crippen LogP contribution is -2.28. The minimum Gasteiger partial charge on any atom is -0.481 e. The second-order valence-corrected chi connectivity index (χ2v) is 5.95. The van der Waals surface area contributed by atoms with E-state index in [1.54, 1.807) is 0 Å². The van der Waals surface area contributed by atoms with E-state index in [-0.39, 0.29) is 11.3 Å². The fourth-order valence-corrected chi connectivity index (χ4v) is 2.19. The van der Waals surface area contributed by atoms with Gasteiger partial charge in [-0.1, -0.05) is 20.8 Å². The largest absolute Gasteiger partial charge is 0.481 e. The minimum atomic E-state index is -0.717. The van der Waals surface area contributed by atoms with E-state index in [0.29, 0.717) is 19.4 Å². The van der Waals surface area contributed by atoms with Crippen molar-refractivity contribution in [2.75, 3.05) is 0 Å². The van der Waals surface area contributed by atoms with Crippen molar-refractivity contribution in [1.29, 1.82) is 0 Å². The van der Waals surface area contributed by atoms with Gasteiger partial charge in [0.05, 0.1) is 5.92 Å². The topological polar surface area (TPSA) is 68.0 Å². The molecule has 2 heterocycles. The average molecular weight is 237 g/mol. The van der Waals surface area contributed by atoms with Crippen LogP contribution >= 0.6 is 0 Å². The van der Waals surface area contributed by atoms with Crippen molar-refractivity contribution in [2.45, 2.75) is 46.6 Å². The first-order valence-corrected chi connectivity index (χ1v) is 6.00. The van der Waals surface area contributed by atoms with Gasteiger partial charge in [0.25, 0.3) is 0 Å². The van der Waals surface area contributed by atoms with E-state index in [0.717, 1.165) is 18.1 Å². The van der Waals surface area contributed by atoms with Crippen LogP contribution in [0.15, 0.2) is 0 Å². The summed E-state index contributed by atoms with van der Waals surface area (Å²) >= 11 is 0. The van der Waals surface area contributed by atoms with E-state index in [1.807, 2.05) is 4.57 Å². The molecule has 1 aromatic rings. The van der Waals surface area contributed by atoms with Crippen LogP contribution in [0.5, 0.6) is 0 Å². The number of aryl methyl sites for hydroxylation is 1. The fourth-order valence-electron chi connectivity index (χ4n) is 2.19. The molecule has 0 saturated carbocycles. The van der Waals surface area contributed by atoms with Gasteiger partial charge in [-0.2, -0.15) is 0 Å². The number of rotatable bonds is 2. The highest BCUT2D eigenvalue weighted by Crippen LogP contribution is 2.24. The number of hydrogen-bond acceptors (Lipinski definition) is 3. The van der Waals surface area contributed by atoms with Crippen LogP contribution in [0.3, 0.4) is 0 Å². The lowest BCUT2D eigenvalue weighted by atomic mass is 9.91. The van der Waals surface area contributed by atoms with Crippen molar-refractivity contribution >= 4 is 5.97 Å². The zero-order valence-corrected chi connectivity index (χ0v) is 10.6. The van der Waals surface area contributed by atoms with Gasteiger partial charge >= 0.3 is 5.97 Å². The van der Waals surface area contributed by atoms with E-state index in [1.165, 1.54) is 0 Å². The number of carboxylic acids is 1. The molecule has 1 atom stereocenters. The molecule has 0 aromatic carbocycles. The standard InChI is InChI=1S/C12H19N3O2/c1-12(2,3)6-10-14-13-9-5-4-8(11(16)17)7-15(9)10/h8H,4-7H2,1-3H3,(H,16,17). The van der Waals surface area contributed by atoms with Crippen molar-refractivity contribution in [2.24, 2.45) is 11.3 Å². The van der Waals surface area contributed by atoms with Gasteiger partial charge in [-0.05, 0) is 11.8 Å². The Kier molecular flexibility index (Phi) is 2.93. The van der Waals surface area contributed by atoms with Crippen molar-refractivity contribution in [3.05, 3.63) is 11.6 Å². The Morgan fingerprint density at radius 2 is 2.18 bits per heavy atom. The van der Waals surface area contributed by atoms with Crippen LogP contribution in [0.25, 0.3) is 0 Å². The summed E-state index contributed by atoms with van der Waals surface area (Å²) in [4.78, 5) is 11.0. The summed E-state index contributed by atoms with van der Waals surface area (Å²) in [6, 6.07) is 0. The Bertz CT molecular complexity index is 431. The van der Waals surface area contributed by atoms with Crippen LogP contribution in [-0.4, -0.2) is 25.8 Å². The quantitative estimate of drug-likeness (QED) is 0.846. The van der Waals surface area contributed by atoms with Crippen molar-refractivity contribution in [3.8, 4) is 0 Å². The SMILES string of the molecule is CC(C)(C)Cc1nnc2n1CC(C(=O)O)CC2. The molecule has 5 heteroatoms. The van der Waals surface area contributed by atoms with Gasteiger partial charge in [0.2, 0.25) is 0 Å². The van der Waals surface area contributed by atoms with E-state index in [2.05, 4.69) is 31.0 Å². The second-order valence-electron chi connectivity index (χ2n) is 5.95. The maximum Gasteiger partial charge on any atom is 0.308 e. The van der Waals surface area contributed by atoms with Gasteiger partial charge in [-0.3, -0.25) is 4.79 Å². The molecule has 94 valence electrons. The summed E-state index contributed by atoms with van der Waals surface area (Å²) in [6.07, 6.45) is 2.21. The molecule has 0 bridgehead atoms. The van der Waals surface area contributed by atoms with E-state index >= 15 is 0 Å². The summed E-state index contributed by atoms with van der Waals surface area (Å²) in [7, 11) is 0. The monoisotopic (exact) mass is 237 g/mol. The first-order chi connectivity index (χ1) is 7.87. The molecular weight excluding hydrogens is 218 g/mol. The van der Waals surface area contributed by atoms with Crippen LogP contribution in [-0.2, 0) is 24.2 Å². The molecule has 2 rings (SSSR count). The van der Waals surface area contributed by atoms with Crippen LogP contribution in [0.4, 0.5) is 0 Å². The summed E-state index contributed by atoms with van der Waals surface area (Å²) < 4.78 is 1.99. The van der Waals surface area contributed by atoms with E-state index in [9.17, 15) is 4.79 Å². The Morgan fingerprint density at radius 1 is 1.47 bits per heavy atom. The van der Waals surface area contributed by atoms with Crippen molar-refractivity contribution < 1.29 is 9.90 Å². The molecule has 17 heavy (non-hydrogen) atoms. The van der Waals surface area contributed by atoms with Gasteiger partial charge in [-0.25, -0.2) is 0 Å². The Labute approximate surface area is 101 Å². The van der Waals surface area contributed by atoms with Gasteiger partial charge in [0.15, 0.2) is 0 Å². The van der Waals surface area contributed by atoms with Gasteiger partial charge < -0.3 is 9.67 Å². The van der Waals surface area contributed by atoms with Gasteiger partial charge in [0, 0.05) is 19.4 Å². The summed E-state index contributed by atoms with van der Waals surface area (Å²) in [5.41, 5.74) is 0.139. The maximum absolute atomic E-state index is 11.0. The number of fused-ring (bicyclic) bond motifs is 1. The summed E-state index contributed by atoms with van der Waals surface area (Å²) in [5.74, 6) is 0.837. The molecule has 1 unspecified atom stereocenters. The smallest absolute Gasteiger partial charge is 0.308 e. The highest BCUT2D eigenvalue weighted by atomic mass is 16.4. The lowest BCUT2D eigenvalue weighted by molar-refractivity contribution is -0.142. The molecule has 0 fully saturated rings. The molecule has 0 amide bonds. The molecule has 0 spiro atoms. The number of carbonyl (C=O) groups is 1. The Balaban J connectivity index is 2.22. The molecule has 0 aliphatic carbocycles. The highest BCUT2D eigenvalue weighted by molar-refractivity contribution is 5.70. The Hall–Kier alpha value is -1.39. The number of aliphatic carboxylic acids is 1. The normalized spacial score (nSPS) is 20.1. The number of aromatic nitrogens is 3. The zero-order chi connectivity index (χ0) is 12.6. The maximum atomic E-state index is 11.0. The first-order valence-electron chi connectivity index (χ1n) is 6.00. The minimum absolute atomic E-state index is 0.139. The lowest BCUT2D eigenvalue weighted by Gasteiger charge is -2.23. The first kappa shape index (κ1) is 12.1. The molecule has 1 N–H and O–H groups in total. The van der Waals surface area contributed by atoms with Crippen LogP contribution in [0, 0.1) is 11.3 Å². The van der Waals surface area contributed by atoms with Crippen molar-refractivity contribution in [1.82, 2.24) is 14.8 Å². The van der Waals surface area contributed by atoms with Gasteiger partial charge in [-0.15, -0.1) is 10.2 Å².